The highest BCUT2D eigenvalue weighted by Crippen LogP contribution is 2.11. The number of carbonyl (C=O) groups is 2. The van der Waals surface area contributed by atoms with Crippen LogP contribution in [0.2, 0.25) is 0 Å². The monoisotopic (exact) mass is 292 g/mol. The summed E-state index contributed by atoms with van der Waals surface area (Å²) in [6.07, 6.45) is 4.06. The Morgan fingerprint density at radius 1 is 1.48 bits per heavy atom. The minimum Gasteiger partial charge on any atom is -0.357 e. The molecular formula is C15H24N4O2. The lowest BCUT2D eigenvalue weighted by Gasteiger charge is -2.28. The summed E-state index contributed by atoms with van der Waals surface area (Å²) >= 11 is 0. The first kappa shape index (κ1) is 15.7. The maximum Gasteiger partial charge on any atom is 0.274 e. The first-order valence-electron chi connectivity index (χ1n) is 7.59. The van der Waals surface area contributed by atoms with Crippen molar-refractivity contribution in [2.45, 2.75) is 19.8 Å². The number of H-pyrrole nitrogens is 1. The van der Waals surface area contributed by atoms with Crippen molar-refractivity contribution >= 4 is 11.8 Å². The molecule has 1 aromatic heterocycles. The number of hydrogen-bond donors (Lipinski definition) is 3. The highest BCUT2D eigenvalue weighted by Gasteiger charge is 2.19. The number of amides is 2. The molecule has 0 aliphatic carbocycles. The highest BCUT2D eigenvalue weighted by atomic mass is 16.2. The van der Waals surface area contributed by atoms with E-state index in [-0.39, 0.29) is 18.4 Å². The highest BCUT2D eigenvalue weighted by molar-refractivity contribution is 6.04. The van der Waals surface area contributed by atoms with Crippen LogP contribution in [0.15, 0.2) is 18.3 Å². The van der Waals surface area contributed by atoms with Crippen molar-refractivity contribution in [3.63, 3.8) is 0 Å². The molecule has 0 aromatic carbocycles. The zero-order valence-electron chi connectivity index (χ0n) is 12.5. The smallest absolute Gasteiger partial charge is 0.274 e. The van der Waals surface area contributed by atoms with Crippen molar-refractivity contribution in [2.75, 3.05) is 32.7 Å². The Hall–Kier alpha value is -1.66. The summed E-state index contributed by atoms with van der Waals surface area (Å²) in [5, 5.41) is 5.80. The zero-order chi connectivity index (χ0) is 15.1. The van der Waals surface area contributed by atoms with Crippen LogP contribution in [-0.2, 0) is 4.79 Å². The summed E-state index contributed by atoms with van der Waals surface area (Å²) in [5.74, 6) is -0.0359. The van der Waals surface area contributed by atoms with E-state index in [2.05, 4.69) is 20.5 Å². The number of carbonyl (C=O) groups excluding carboxylic acids is 2. The average Bonchev–Trinajstić information content (AvgIpc) is 3.02. The molecular weight excluding hydrogens is 268 g/mol. The predicted molar refractivity (Wildman–Crippen MR) is 81.0 cm³/mol. The van der Waals surface area contributed by atoms with Crippen molar-refractivity contribution in [3.05, 3.63) is 24.0 Å². The molecule has 1 fully saturated rings. The number of imide groups is 1. The molecule has 0 bridgehead atoms. The second-order valence-electron chi connectivity index (χ2n) is 5.50. The van der Waals surface area contributed by atoms with Crippen LogP contribution in [0, 0.1) is 5.92 Å². The summed E-state index contributed by atoms with van der Waals surface area (Å²) in [4.78, 5) is 28.6. The van der Waals surface area contributed by atoms with Crippen molar-refractivity contribution in [3.8, 4) is 0 Å². The van der Waals surface area contributed by atoms with Gasteiger partial charge < -0.3 is 10.3 Å². The fourth-order valence-corrected chi connectivity index (χ4v) is 2.66. The minimum absolute atomic E-state index is 0.250. The van der Waals surface area contributed by atoms with Gasteiger partial charge in [-0.1, -0.05) is 6.92 Å². The lowest BCUT2D eigenvalue weighted by atomic mass is 9.99. The average molecular weight is 292 g/mol. The third kappa shape index (κ3) is 4.99. The van der Waals surface area contributed by atoms with Gasteiger partial charge in [-0.05, 0) is 50.5 Å². The standard InChI is InChI=1S/C15H24N4O2/c1-2-19(10-12-5-3-7-16-9-12)11-14(20)18-15(21)13-6-4-8-17-13/h4,6,8,12,16-17H,2-3,5,7,9-11H2,1H3,(H,18,20,21). The Morgan fingerprint density at radius 2 is 2.33 bits per heavy atom. The van der Waals surface area contributed by atoms with Crippen molar-refractivity contribution in [1.82, 2.24) is 20.5 Å². The molecule has 3 N–H and O–H groups in total. The molecule has 6 nitrogen and oxygen atoms in total. The van der Waals surface area contributed by atoms with E-state index in [1.807, 2.05) is 6.92 Å². The van der Waals surface area contributed by atoms with Gasteiger partial charge in [-0.15, -0.1) is 0 Å². The van der Waals surface area contributed by atoms with Gasteiger partial charge in [-0.25, -0.2) is 0 Å². The largest absolute Gasteiger partial charge is 0.357 e. The van der Waals surface area contributed by atoms with Gasteiger partial charge in [0, 0.05) is 12.7 Å². The third-order valence-electron chi connectivity index (χ3n) is 3.83. The molecule has 1 unspecified atom stereocenters. The predicted octanol–water partition coefficient (Wildman–Crippen LogP) is 0.593. The second kappa shape index (κ2) is 7.95. The van der Waals surface area contributed by atoms with Crippen molar-refractivity contribution in [2.24, 2.45) is 5.92 Å². The molecule has 1 aliphatic heterocycles. The third-order valence-corrected chi connectivity index (χ3v) is 3.83. The number of nitrogens with zero attached hydrogens (tertiary/aromatic N) is 1. The molecule has 6 heteroatoms. The molecule has 1 aromatic rings. The van der Waals surface area contributed by atoms with Crippen LogP contribution in [0.5, 0.6) is 0 Å². The fraction of sp³-hybridized carbons (Fsp3) is 0.600. The molecule has 2 heterocycles. The number of rotatable bonds is 6. The van der Waals surface area contributed by atoms with E-state index in [4.69, 9.17) is 0 Å². The van der Waals surface area contributed by atoms with Gasteiger partial charge in [-0.2, -0.15) is 0 Å². The second-order valence-corrected chi connectivity index (χ2v) is 5.50. The summed E-state index contributed by atoms with van der Waals surface area (Å²) in [7, 11) is 0. The summed E-state index contributed by atoms with van der Waals surface area (Å²) in [5.41, 5.74) is 0.405. The SMILES string of the molecule is CCN(CC(=O)NC(=O)c1ccc[nH]1)CC1CCCNC1. The molecule has 21 heavy (non-hydrogen) atoms. The molecule has 0 spiro atoms. The van der Waals surface area contributed by atoms with Gasteiger partial charge in [0.25, 0.3) is 5.91 Å². The molecule has 116 valence electrons. The number of nitrogens with one attached hydrogen (secondary N) is 3. The van der Waals surface area contributed by atoms with E-state index in [0.29, 0.717) is 11.6 Å². The summed E-state index contributed by atoms with van der Waals surface area (Å²) < 4.78 is 0. The first-order chi connectivity index (χ1) is 10.2. The number of likely N-dealkylation sites (N-methyl/N-ethyl adjacent to an activating group) is 1. The summed E-state index contributed by atoms with van der Waals surface area (Å²) in [6.45, 7) is 6.11. The van der Waals surface area contributed by atoms with Crippen LogP contribution < -0.4 is 10.6 Å². The van der Waals surface area contributed by atoms with Gasteiger partial charge in [0.1, 0.15) is 5.69 Å². The Kier molecular flexibility index (Phi) is 5.95. The van der Waals surface area contributed by atoms with Crippen molar-refractivity contribution in [1.29, 1.82) is 0 Å². The number of aromatic nitrogens is 1. The van der Waals surface area contributed by atoms with Crippen LogP contribution >= 0.6 is 0 Å². The van der Waals surface area contributed by atoms with E-state index in [9.17, 15) is 9.59 Å². The number of hydrogen-bond acceptors (Lipinski definition) is 4. The van der Waals surface area contributed by atoms with Gasteiger partial charge >= 0.3 is 0 Å². The molecule has 1 aliphatic rings. The van der Waals surface area contributed by atoms with Gasteiger partial charge in [0.05, 0.1) is 6.54 Å². The van der Waals surface area contributed by atoms with E-state index >= 15 is 0 Å². The Morgan fingerprint density at radius 3 is 2.95 bits per heavy atom. The lowest BCUT2D eigenvalue weighted by Crippen LogP contribution is -2.44. The van der Waals surface area contributed by atoms with Gasteiger partial charge in [0.15, 0.2) is 0 Å². The molecule has 2 amide bonds. The Balaban J connectivity index is 1.77. The van der Waals surface area contributed by atoms with Crippen LogP contribution in [-0.4, -0.2) is 54.4 Å². The van der Waals surface area contributed by atoms with E-state index in [1.54, 1.807) is 18.3 Å². The van der Waals surface area contributed by atoms with E-state index in [1.165, 1.54) is 12.8 Å². The first-order valence-corrected chi connectivity index (χ1v) is 7.59. The quantitative estimate of drug-likeness (QED) is 0.717. The van der Waals surface area contributed by atoms with E-state index in [0.717, 1.165) is 26.2 Å². The maximum absolute atomic E-state index is 12.0. The molecule has 2 rings (SSSR count). The minimum atomic E-state index is -0.375. The van der Waals surface area contributed by atoms with Crippen LogP contribution in [0.1, 0.15) is 30.3 Å². The van der Waals surface area contributed by atoms with E-state index < -0.39 is 0 Å². The normalized spacial score (nSPS) is 18.7. The van der Waals surface area contributed by atoms with Crippen LogP contribution in [0.4, 0.5) is 0 Å². The fourth-order valence-electron chi connectivity index (χ4n) is 2.66. The van der Waals surface area contributed by atoms with Gasteiger partial charge in [-0.3, -0.25) is 19.8 Å². The van der Waals surface area contributed by atoms with Crippen LogP contribution in [0.3, 0.4) is 0 Å². The number of aromatic amines is 1. The number of piperidine rings is 1. The topological polar surface area (TPSA) is 77.2 Å². The van der Waals surface area contributed by atoms with Crippen molar-refractivity contribution < 1.29 is 9.59 Å². The molecule has 1 atom stereocenters. The molecule has 1 saturated heterocycles. The zero-order valence-corrected chi connectivity index (χ0v) is 12.5. The summed E-state index contributed by atoms with van der Waals surface area (Å²) in [6, 6.07) is 3.38. The molecule has 0 saturated carbocycles. The lowest BCUT2D eigenvalue weighted by molar-refractivity contribution is -0.121. The Labute approximate surface area is 125 Å². The van der Waals surface area contributed by atoms with Gasteiger partial charge in [0.2, 0.25) is 5.91 Å². The maximum atomic E-state index is 12.0. The van der Waals surface area contributed by atoms with Crippen LogP contribution in [0.25, 0.3) is 0 Å². The Bertz CT molecular complexity index is 452. The molecule has 0 radical (unpaired) electrons.